The number of piperidine rings is 1. The van der Waals surface area contributed by atoms with Crippen molar-refractivity contribution in [1.82, 2.24) is 4.90 Å². The summed E-state index contributed by atoms with van der Waals surface area (Å²) in [7, 11) is 3.13. The lowest BCUT2D eigenvalue weighted by Crippen LogP contribution is -2.43. The van der Waals surface area contributed by atoms with Crippen molar-refractivity contribution in [2.24, 2.45) is 5.92 Å². The fourth-order valence-electron chi connectivity index (χ4n) is 3.78. The summed E-state index contributed by atoms with van der Waals surface area (Å²) in [5, 5.41) is 2.94. The van der Waals surface area contributed by atoms with Crippen LogP contribution in [0.25, 0.3) is 0 Å². The summed E-state index contributed by atoms with van der Waals surface area (Å²) < 4.78 is 10.5. The van der Waals surface area contributed by atoms with E-state index in [1.54, 1.807) is 37.3 Å². The van der Waals surface area contributed by atoms with Crippen LogP contribution in [0.5, 0.6) is 11.5 Å². The van der Waals surface area contributed by atoms with Crippen molar-refractivity contribution < 1.29 is 19.1 Å². The van der Waals surface area contributed by atoms with E-state index in [9.17, 15) is 9.59 Å². The van der Waals surface area contributed by atoms with Gasteiger partial charge in [-0.3, -0.25) is 9.59 Å². The maximum absolute atomic E-state index is 13.0. The smallest absolute Gasteiger partial charge is 0.253 e. The fraction of sp³-hybridized carbons (Fsp3) is 0.391. The normalized spacial score (nSPS) is 16.3. The molecule has 3 rings (SSSR count). The van der Waals surface area contributed by atoms with Gasteiger partial charge >= 0.3 is 0 Å². The number of hydrogen-bond acceptors (Lipinski definition) is 4. The zero-order valence-electron chi connectivity index (χ0n) is 17.5. The lowest BCUT2D eigenvalue weighted by Gasteiger charge is -2.32. The lowest BCUT2D eigenvalue weighted by molar-refractivity contribution is -0.121. The highest BCUT2D eigenvalue weighted by Crippen LogP contribution is 2.27. The Morgan fingerprint density at radius 1 is 0.966 bits per heavy atom. The Balaban J connectivity index is 1.70. The molecule has 1 saturated heterocycles. The van der Waals surface area contributed by atoms with Crippen LogP contribution in [0.1, 0.15) is 34.3 Å². The number of carbonyl (C=O) groups excluding carboxylic acids is 2. The Morgan fingerprint density at radius 3 is 2.17 bits per heavy atom. The molecule has 1 atom stereocenters. The number of amides is 2. The Bertz CT molecular complexity index is 867. The minimum absolute atomic E-state index is 0.0163. The minimum Gasteiger partial charge on any atom is -0.497 e. The number of hydrogen-bond donors (Lipinski definition) is 1. The zero-order valence-corrected chi connectivity index (χ0v) is 17.5. The SMILES string of the molecule is COc1cc(NC(=O)[C@H]2CCCN(C(=O)c3cc(C)cc(C)c3)C2)cc(OC)c1. The zero-order chi connectivity index (χ0) is 21.0. The number of rotatable bonds is 5. The molecule has 1 N–H and O–H groups in total. The number of aryl methyl sites for hydroxylation is 2. The van der Waals surface area contributed by atoms with E-state index in [1.165, 1.54) is 0 Å². The van der Waals surface area contributed by atoms with Crippen molar-refractivity contribution in [2.45, 2.75) is 26.7 Å². The summed E-state index contributed by atoms with van der Waals surface area (Å²) in [5.74, 6) is 0.844. The number of methoxy groups -OCH3 is 2. The molecule has 0 spiro atoms. The van der Waals surface area contributed by atoms with Gasteiger partial charge in [0.2, 0.25) is 5.91 Å². The molecule has 1 aliphatic heterocycles. The Morgan fingerprint density at radius 2 is 1.59 bits per heavy atom. The van der Waals surface area contributed by atoms with Crippen LogP contribution in [0.4, 0.5) is 5.69 Å². The van der Waals surface area contributed by atoms with Crippen LogP contribution in [0.2, 0.25) is 0 Å². The summed E-state index contributed by atoms with van der Waals surface area (Å²) in [6.07, 6.45) is 1.56. The predicted molar refractivity (Wildman–Crippen MR) is 113 cm³/mol. The molecule has 2 aromatic rings. The van der Waals surface area contributed by atoms with Crippen molar-refractivity contribution in [3.05, 3.63) is 53.1 Å². The lowest BCUT2D eigenvalue weighted by atomic mass is 9.96. The van der Waals surface area contributed by atoms with Gasteiger partial charge in [-0.2, -0.15) is 0 Å². The number of ether oxygens (including phenoxy) is 2. The van der Waals surface area contributed by atoms with Crippen molar-refractivity contribution in [2.75, 3.05) is 32.6 Å². The number of carbonyl (C=O) groups is 2. The molecule has 6 heteroatoms. The highest BCUT2D eigenvalue weighted by molar-refractivity contribution is 5.96. The van der Waals surface area contributed by atoms with E-state index in [1.807, 2.05) is 32.0 Å². The van der Waals surface area contributed by atoms with Gasteiger partial charge in [0.25, 0.3) is 5.91 Å². The molecular weight excluding hydrogens is 368 g/mol. The first-order chi connectivity index (χ1) is 13.9. The Labute approximate surface area is 171 Å². The van der Waals surface area contributed by atoms with Gasteiger partial charge in [0.15, 0.2) is 0 Å². The summed E-state index contributed by atoms with van der Waals surface area (Å²) >= 11 is 0. The first kappa shape index (κ1) is 20.7. The fourth-order valence-corrected chi connectivity index (χ4v) is 3.78. The van der Waals surface area contributed by atoms with Gasteiger partial charge in [-0.25, -0.2) is 0 Å². The van der Waals surface area contributed by atoms with Crippen molar-refractivity contribution in [3.63, 3.8) is 0 Å². The van der Waals surface area contributed by atoms with Crippen molar-refractivity contribution in [3.8, 4) is 11.5 Å². The van der Waals surface area contributed by atoms with Gasteiger partial charge in [0, 0.05) is 42.5 Å². The molecular formula is C23H28N2O4. The van der Waals surface area contributed by atoms with Gasteiger partial charge in [-0.15, -0.1) is 0 Å². The van der Waals surface area contributed by atoms with E-state index >= 15 is 0 Å². The van der Waals surface area contributed by atoms with E-state index in [4.69, 9.17) is 9.47 Å². The van der Waals surface area contributed by atoms with Crippen LogP contribution in [0.15, 0.2) is 36.4 Å². The topological polar surface area (TPSA) is 67.9 Å². The van der Waals surface area contributed by atoms with Gasteiger partial charge in [0.05, 0.1) is 20.1 Å². The van der Waals surface area contributed by atoms with Crippen LogP contribution in [0, 0.1) is 19.8 Å². The van der Waals surface area contributed by atoms with Gasteiger partial charge in [0.1, 0.15) is 11.5 Å². The maximum Gasteiger partial charge on any atom is 0.253 e. The van der Waals surface area contributed by atoms with E-state index in [2.05, 4.69) is 5.32 Å². The first-order valence-electron chi connectivity index (χ1n) is 9.81. The highest BCUT2D eigenvalue weighted by Gasteiger charge is 2.29. The molecule has 0 unspecified atom stereocenters. The van der Waals surface area contributed by atoms with Crippen LogP contribution in [0.3, 0.4) is 0 Å². The third kappa shape index (κ3) is 5.08. The average Bonchev–Trinajstić information content (AvgIpc) is 2.72. The highest BCUT2D eigenvalue weighted by atomic mass is 16.5. The number of anilines is 1. The first-order valence-corrected chi connectivity index (χ1v) is 9.81. The summed E-state index contributed by atoms with van der Waals surface area (Å²) in [6, 6.07) is 11.1. The van der Waals surface area contributed by atoms with Crippen molar-refractivity contribution >= 4 is 17.5 Å². The van der Waals surface area contributed by atoms with Gasteiger partial charge < -0.3 is 19.7 Å². The standard InChI is InChI=1S/C23H28N2O4/c1-15-8-16(2)10-18(9-15)23(27)25-7-5-6-17(14-25)22(26)24-19-11-20(28-3)13-21(12-19)29-4/h8-13,17H,5-7,14H2,1-4H3,(H,24,26)/t17-/m0/s1. The van der Waals surface area contributed by atoms with Crippen LogP contribution >= 0.6 is 0 Å². The molecule has 1 fully saturated rings. The second kappa shape index (κ2) is 8.99. The van der Waals surface area contributed by atoms with Crippen LogP contribution < -0.4 is 14.8 Å². The number of benzene rings is 2. The van der Waals surface area contributed by atoms with Crippen LogP contribution in [-0.2, 0) is 4.79 Å². The summed E-state index contributed by atoms with van der Waals surface area (Å²) in [5.41, 5.74) is 3.42. The van der Waals surface area contributed by atoms with E-state index in [0.29, 0.717) is 35.8 Å². The van der Waals surface area contributed by atoms with E-state index < -0.39 is 0 Å². The molecule has 1 aliphatic rings. The predicted octanol–water partition coefficient (Wildman–Crippen LogP) is 3.81. The molecule has 2 aromatic carbocycles. The molecule has 6 nitrogen and oxygen atoms in total. The molecule has 0 bridgehead atoms. The molecule has 0 aromatic heterocycles. The molecule has 0 saturated carbocycles. The third-order valence-corrected chi connectivity index (χ3v) is 5.17. The van der Waals surface area contributed by atoms with Crippen molar-refractivity contribution in [1.29, 1.82) is 0 Å². The third-order valence-electron chi connectivity index (χ3n) is 5.17. The van der Waals surface area contributed by atoms with E-state index in [0.717, 1.165) is 24.0 Å². The molecule has 29 heavy (non-hydrogen) atoms. The largest absolute Gasteiger partial charge is 0.497 e. The van der Waals surface area contributed by atoms with Gasteiger partial charge in [-0.05, 0) is 38.8 Å². The molecule has 2 amide bonds. The number of nitrogens with zero attached hydrogens (tertiary/aromatic N) is 1. The second-order valence-corrected chi connectivity index (χ2v) is 7.56. The molecule has 0 radical (unpaired) electrons. The monoisotopic (exact) mass is 396 g/mol. The second-order valence-electron chi connectivity index (χ2n) is 7.56. The number of likely N-dealkylation sites (tertiary alicyclic amines) is 1. The minimum atomic E-state index is -0.254. The molecule has 1 heterocycles. The van der Waals surface area contributed by atoms with Gasteiger partial charge in [-0.1, -0.05) is 17.2 Å². The number of nitrogens with one attached hydrogen (secondary N) is 1. The summed E-state index contributed by atoms with van der Waals surface area (Å²) in [4.78, 5) is 27.6. The molecule has 0 aliphatic carbocycles. The van der Waals surface area contributed by atoms with Crippen LogP contribution in [-0.4, -0.2) is 44.0 Å². The maximum atomic E-state index is 13.0. The molecule has 154 valence electrons. The average molecular weight is 396 g/mol. The Kier molecular flexibility index (Phi) is 6.42. The van der Waals surface area contributed by atoms with E-state index in [-0.39, 0.29) is 17.7 Å². The quantitative estimate of drug-likeness (QED) is 0.834. The summed E-state index contributed by atoms with van der Waals surface area (Å²) in [6.45, 7) is 5.05. The Hall–Kier alpha value is -3.02.